The molecule has 1 aromatic carbocycles. The van der Waals surface area contributed by atoms with E-state index in [1.54, 1.807) is 19.2 Å². The number of amides is 1. The summed E-state index contributed by atoms with van der Waals surface area (Å²) in [5.41, 5.74) is 1.19. The van der Waals surface area contributed by atoms with E-state index >= 15 is 0 Å². The number of nitrogens with one attached hydrogen (secondary N) is 2. The van der Waals surface area contributed by atoms with Gasteiger partial charge in [0.2, 0.25) is 0 Å². The Bertz CT molecular complexity index is 428. The number of benzene rings is 1. The van der Waals surface area contributed by atoms with Crippen LogP contribution in [0.15, 0.2) is 18.2 Å². The molecule has 0 aliphatic rings. The van der Waals surface area contributed by atoms with E-state index in [2.05, 4.69) is 31.4 Å². The Morgan fingerprint density at radius 1 is 1.33 bits per heavy atom. The highest BCUT2D eigenvalue weighted by Gasteiger charge is 2.23. The first-order chi connectivity index (χ1) is 8.45. The number of hydrogen-bond acceptors (Lipinski definition) is 2. The molecule has 0 aliphatic carbocycles. The van der Waals surface area contributed by atoms with E-state index in [0.29, 0.717) is 10.6 Å². The monoisotopic (exact) mass is 268 g/mol. The molecular weight excluding hydrogens is 248 g/mol. The minimum Gasteiger partial charge on any atom is -0.387 e. The van der Waals surface area contributed by atoms with Crippen LogP contribution in [-0.4, -0.2) is 18.5 Å². The maximum Gasteiger partial charge on any atom is 0.253 e. The lowest BCUT2D eigenvalue weighted by Gasteiger charge is -2.28. The van der Waals surface area contributed by atoms with Gasteiger partial charge in [0.1, 0.15) is 0 Å². The van der Waals surface area contributed by atoms with Crippen molar-refractivity contribution in [2.24, 2.45) is 0 Å². The summed E-state index contributed by atoms with van der Waals surface area (Å²) in [5, 5.41) is 6.64. The van der Waals surface area contributed by atoms with Gasteiger partial charge in [0.25, 0.3) is 5.91 Å². The Hall–Kier alpha value is -1.22. The zero-order valence-electron chi connectivity index (χ0n) is 11.4. The van der Waals surface area contributed by atoms with Gasteiger partial charge in [0.05, 0.1) is 5.56 Å². The van der Waals surface area contributed by atoms with E-state index in [9.17, 15) is 4.79 Å². The first-order valence-electron chi connectivity index (χ1n) is 6.25. The summed E-state index contributed by atoms with van der Waals surface area (Å²) in [5.74, 6) is -0.0898. The number of hydrogen-bond donors (Lipinski definition) is 2. The number of carbonyl (C=O) groups is 1. The topological polar surface area (TPSA) is 41.1 Å². The van der Waals surface area contributed by atoms with Crippen molar-refractivity contribution in [2.45, 2.75) is 39.2 Å². The molecule has 0 unspecified atom stereocenters. The molecule has 1 amide bonds. The third kappa shape index (κ3) is 3.39. The molecule has 0 heterocycles. The zero-order chi connectivity index (χ0) is 13.8. The lowest BCUT2D eigenvalue weighted by molar-refractivity contribution is 0.0902. The van der Waals surface area contributed by atoms with Crippen LogP contribution in [0.3, 0.4) is 0 Å². The fourth-order valence-electron chi connectivity index (χ4n) is 1.69. The van der Waals surface area contributed by atoms with E-state index in [-0.39, 0.29) is 11.4 Å². The third-order valence-electron chi connectivity index (χ3n) is 3.47. The summed E-state index contributed by atoms with van der Waals surface area (Å²) in [4.78, 5) is 12.3. The second-order valence-corrected chi connectivity index (χ2v) is 5.10. The van der Waals surface area contributed by atoms with Crippen molar-refractivity contribution >= 4 is 23.2 Å². The lowest BCUT2D eigenvalue weighted by Crippen LogP contribution is -2.45. The molecule has 0 aliphatic heterocycles. The maximum atomic E-state index is 12.3. The quantitative estimate of drug-likeness (QED) is 0.855. The van der Waals surface area contributed by atoms with E-state index < -0.39 is 0 Å². The molecule has 4 heteroatoms. The summed E-state index contributed by atoms with van der Waals surface area (Å²) >= 11 is 5.95. The third-order valence-corrected chi connectivity index (χ3v) is 3.71. The Labute approximate surface area is 114 Å². The van der Waals surface area contributed by atoms with Gasteiger partial charge >= 0.3 is 0 Å². The molecule has 2 N–H and O–H groups in total. The van der Waals surface area contributed by atoms with Crippen LogP contribution < -0.4 is 10.6 Å². The number of halogens is 1. The van der Waals surface area contributed by atoms with Gasteiger partial charge < -0.3 is 10.6 Å². The second kappa shape index (κ2) is 6.10. The summed E-state index contributed by atoms with van der Waals surface area (Å²) < 4.78 is 0. The van der Waals surface area contributed by atoms with E-state index in [0.717, 1.165) is 18.5 Å². The first-order valence-corrected chi connectivity index (χ1v) is 6.63. The minimum atomic E-state index is -0.176. The molecule has 100 valence electrons. The number of anilines is 1. The van der Waals surface area contributed by atoms with Crippen molar-refractivity contribution in [3.8, 4) is 0 Å². The minimum absolute atomic E-state index is 0.0898. The van der Waals surface area contributed by atoms with Crippen LogP contribution in [0, 0.1) is 0 Å². The normalized spacial score (nSPS) is 11.2. The van der Waals surface area contributed by atoms with Crippen LogP contribution >= 0.6 is 11.6 Å². The van der Waals surface area contributed by atoms with Crippen LogP contribution in [0.5, 0.6) is 0 Å². The fraction of sp³-hybridized carbons (Fsp3) is 0.500. The van der Waals surface area contributed by atoms with Crippen molar-refractivity contribution in [1.29, 1.82) is 0 Å². The molecule has 3 nitrogen and oxygen atoms in total. The van der Waals surface area contributed by atoms with Crippen molar-refractivity contribution < 1.29 is 4.79 Å². The van der Waals surface area contributed by atoms with Gasteiger partial charge in [-0.3, -0.25) is 4.79 Å². The summed E-state index contributed by atoms with van der Waals surface area (Å²) in [6.07, 6.45) is 1.79. The molecule has 0 atom stereocenters. The average Bonchev–Trinajstić information content (AvgIpc) is 2.38. The summed E-state index contributed by atoms with van der Waals surface area (Å²) in [6.45, 7) is 6.19. The zero-order valence-corrected chi connectivity index (χ0v) is 12.2. The highest BCUT2D eigenvalue weighted by atomic mass is 35.5. The molecule has 0 bridgehead atoms. The Balaban J connectivity index is 3.00. The maximum absolute atomic E-state index is 12.3. The van der Waals surface area contributed by atoms with Gasteiger partial charge in [-0.05, 0) is 38.0 Å². The molecule has 0 fully saturated rings. The van der Waals surface area contributed by atoms with Crippen LogP contribution in [-0.2, 0) is 0 Å². The lowest BCUT2D eigenvalue weighted by atomic mass is 9.95. The molecule has 0 saturated carbocycles. The summed E-state index contributed by atoms with van der Waals surface area (Å²) in [7, 11) is 1.79. The van der Waals surface area contributed by atoms with Gasteiger partial charge in [-0.2, -0.15) is 0 Å². The molecule has 0 spiro atoms. The molecule has 0 radical (unpaired) electrons. The van der Waals surface area contributed by atoms with Gasteiger partial charge in [0.15, 0.2) is 0 Å². The van der Waals surface area contributed by atoms with Gasteiger partial charge in [-0.1, -0.05) is 25.4 Å². The van der Waals surface area contributed by atoms with Crippen molar-refractivity contribution in [1.82, 2.24) is 5.32 Å². The van der Waals surface area contributed by atoms with Crippen LogP contribution in [0.25, 0.3) is 0 Å². The van der Waals surface area contributed by atoms with E-state index in [1.165, 1.54) is 0 Å². The van der Waals surface area contributed by atoms with Crippen molar-refractivity contribution in [2.75, 3.05) is 12.4 Å². The highest BCUT2D eigenvalue weighted by molar-refractivity contribution is 6.31. The van der Waals surface area contributed by atoms with Crippen LogP contribution in [0.4, 0.5) is 5.69 Å². The average molecular weight is 269 g/mol. The van der Waals surface area contributed by atoms with Gasteiger partial charge in [0, 0.05) is 23.3 Å². The van der Waals surface area contributed by atoms with Gasteiger partial charge in [-0.15, -0.1) is 0 Å². The molecular formula is C14H21ClN2O. The van der Waals surface area contributed by atoms with E-state index in [4.69, 9.17) is 11.6 Å². The Morgan fingerprint density at radius 2 is 1.94 bits per heavy atom. The fourth-order valence-corrected chi connectivity index (χ4v) is 1.86. The number of carbonyl (C=O) groups excluding carboxylic acids is 1. The van der Waals surface area contributed by atoms with Crippen LogP contribution in [0.1, 0.15) is 44.0 Å². The Morgan fingerprint density at radius 3 is 2.44 bits per heavy atom. The largest absolute Gasteiger partial charge is 0.387 e. The predicted molar refractivity (Wildman–Crippen MR) is 77.5 cm³/mol. The number of rotatable bonds is 5. The SMILES string of the molecule is CCC(C)(CC)NC(=O)c1cc(Cl)ccc1NC. The second-order valence-electron chi connectivity index (χ2n) is 4.66. The molecule has 18 heavy (non-hydrogen) atoms. The molecule has 0 saturated heterocycles. The standard InChI is InChI=1S/C14H21ClN2O/c1-5-14(3,6-2)17-13(18)11-9-10(15)7-8-12(11)16-4/h7-9,16H,5-6H2,1-4H3,(H,17,18). The summed E-state index contributed by atoms with van der Waals surface area (Å²) in [6, 6.07) is 5.27. The van der Waals surface area contributed by atoms with Crippen molar-refractivity contribution in [3.63, 3.8) is 0 Å². The van der Waals surface area contributed by atoms with Crippen molar-refractivity contribution in [3.05, 3.63) is 28.8 Å². The Kier molecular flexibility index (Phi) is 5.03. The first kappa shape index (κ1) is 14.8. The molecule has 1 aromatic rings. The smallest absolute Gasteiger partial charge is 0.253 e. The van der Waals surface area contributed by atoms with Crippen LogP contribution in [0.2, 0.25) is 5.02 Å². The molecule has 0 aromatic heterocycles. The highest BCUT2D eigenvalue weighted by Crippen LogP contribution is 2.22. The van der Waals surface area contributed by atoms with Gasteiger partial charge in [-0.25, -0.2) is 0 Å². The molecule has 1 rings (SSSR count). The van der Waals surface area contributed by atoms with E-state index in [1.807, 2.05) is 6.07 Å². The predicted octanol–water partition coefficient (Wildman–Crippen LogP) is 3.69.